The molecule has 0 amide bonds. The van der Waals surface area contributed by atoms with Crippen molar-refractivity contribution >= 4 is 0 Å². The SMILES string of the molecule is CCCCCCCCCCCCCCCC[N+]1(CCCCCCCCCCCCCCCC)CCCCC1.[OH-]. The van der Waals surface area contributed by atoms with Crippen LogP contribution in [0.1, 0.15) is 213 Å². The molecule has 2 nitrogen and oxygen atoms in total. The Morgan fingerprint density at radius 1 is 0.308 bits per heavy atom. The molecule has 1 fully saturated rings. The maximum atomic E-state index is 2.31. The van der Waals surface area contributed by atoms with Crippen molar-refractivity contribution in [3.63, 3.8) is 0 Å². The molecular weight excluding hydrogens is 474 g/mol. The van der Waals surface area contributed by atoms with Crippen molar-refractivity contribution in [2.45, 2.75) is 213 Å². The van der Waals surface area contributed by atoms with Crippen molar-refractivity contribution in [1.82, 2.24) is 0 Å². The van der Waals surface area contributed by atoms with E-state index in [0.29, 0.717) is 0 Å². The lowest BCUT2D eigenvalue weighted by molar-refractivity contribution is -0.932. The van der Waals surface area contributed by atoms with Crippen LogP contribution in [0.2, 0.25) is 0 Å². The van der Waals surface area contributed by atoms with Gasteiger partial charge in [0.2, 0.25) is 0 Å². The Labute approximate surface area is 248 Å². The Bertz CT molecular complexity index is 411. The first-order valence-electron chi connectivity index (χ1n) is 18.7. The van der Waals surface area contributed by atoms with E-state index in [1.165, 1.54) is 230 Å². The van der Waals surface area contributed by atoms with E-state index in [4.69, 9.17) is 0 Å². The van der Waals surface area contributed by atoms with E-state index >= 15 is 0 Å². The summed E-state index contributed by atoms with van der Waals surface area (Å²) in [6, 6.07) is 0. The fraction of sp³-hybridized carbons (Fsp3) is 1.00. The van der Waals surface area contributed by atoms with E-state index in [9.17, 15) is 0 Å². The zero-order valence-corrected chi connectivity index (χ0v) is 27.6. The minimum atomic E-state index is 0. The molecule has 1 heterocycles. The number of piperidine rings is 1. The first-order valence-corrected chi connectivity index (χ1v) is 18.7. The van der Waals surface area contributed by atoms with Gasteiger partial charge < -0.3 is 9.96 Å². The van der Waals surface area contributed by atoms with Gasteiger partial charge in [-0.2, -0.15) is 0 Å². The lowest BCUT2D eigenvalue weighted by atomic mass is 10.0. The lowest BCUT2D eigenvalue weighted by Gasteiger charge is -2.42. The van der Waals surface area contributed by atoms with Crippen molar-refractivity contribution in [2.24, 2.45) is 0 Å². The molecule has 0 aromatic carbocycles. The van der Waals surface area contributed by atoms with Gasteiger partial charge in [0, 0.05) is 0 Å². The van der Waals surface area contributed by atoms with Gasteiger partial charge in [-0.3, -0.25) is 0 Å². The van der Waals surface area contributed by atoms with Crippen molar-refractivity contribution in [3.05, 3.63) is 0 Å². The first kappa shape index (κ1) is 38.9. The van der Waals surface area contributed by atoms with Gasteiger partial charge in [-0.1, -0.05) is 168 Å². The van der Waals surface area contributed by atoms with E-state index < -0.39 is 0 Å². The molecule has 0 saturated carbocycles. The minimum absolute atomic E-state index is 0. The van der Waals surface area contributed by atoms with Crippen LogP contribution in [0, 0.1) is 0 Å². The minimum Gasteiger partial charge on any atom is -0.870 e. The number of nitrogens with zero attached hydrogens (tertiary/aromatic N) is 1. The summed E-state index contributed by atoms with van der Waals surface area (Å²) >= 11 is 0. The zero-order chi connectivity index (χ0) is 27.2. The maximum absolute atomic E-state index is 2.31. The molecule has 0 radical (unpaired) electrons. The van der Waals surface area contributed by atoms with Crippen LogP contribution in [0.3, 0.4) is 0 Å². The number of likely N-dealkylation sites (tertiary alicyclic amines) is 1. The van der Waals surface area contributed by atoms with Gasteiger partial charge in [0.15, 0.2) is 0 Å². The van der Waals surface area contributed by atoms with Crippen LogP contribution in [0.4, 0.5) is 0 Å². The third kappa shape index (κ3) is 25.4. The van der Waals surface area contributed by atoms with E-state index in [1.807, 2.05) is 0 Å². The van der Waals surface area contributed by atoms with Gasteiger partial charge in [0.1, 0.15) is 0 Å². The highest BCUT2D eigenvalue weighted by atomic mass is 16.0. The van der Waals surface area contributed by atoms with Gasteiger partial charge in [-0.05, 0) is 44.9 Å². The number of quaternary nitrogens is 1. The summed E-state index contributed by atoms with van der Waals surface area (Å²) in [4.78, 5) is 0. The second kappa shape index (κ2) is 30.9. The van der Waals surface area contributed by atoms with Gasteiger partial charge in [0.25, 0.3) is 0 Å². The predicted octanol–water partition coefficient (Wildman–Crippen LogP) is 12.8. The Morgan fingerprint density at radius 2 is 0.538 bits per heavy atom. The number of hydrogen-bond donors (Lipinski definition) is 0. The van der Waals surface area contributed by atoms with Crippen LogP contribution in [-0.4, -0.2) is 36.1 Å². The Hall–Kier alpha value is -0.0800. The molecule has 1 saturated heterocycles. The van der Waals surface area contributed by atoms with E-state index in [-0.39, 0.29) is 5.48 Å². The summed E-state index contributed by atoms with van der Waals surface area (Å²) in [7, 11) is 0. The molecule has 1 aliphatic heterocycles. The highest BCUT2D eigenvalue weighted by Crippen LogP contribution is 2.23. The summed E-state index contributed by atoms with van der Waals surface area (Å²) in [5.74, 6) is 0. The third-order valence-electron chi connectivity index (χ3n) is 9.74. The van der Waals surface area contributed by atoms with Crippen molar-refractivity contribution < 1.29 is 9.96 Å². The van der Waals surface area contributed by atoms with Gasteiger partial charge in [-0.25, -0.2) is 0 Å². The highest BCUT2D eigenvalue weighted by Gasteiger charge is 2.28. The molecule has 0 bridgehead atoms. The summed E-state index contributed by atoms with van der Waals surface area (Å²) in [6.07, 6.45) is 45.9. The third-order valence-corrected chi connectivity index (χ3v) is 9.74. The monoisotopic (exact) mass is 552 g/mol. The molecule has 0 aliphatic carbocycles. The van der Waals surface area contributed by atoms with Crippen molar-refractivity contribution in [2.75, 3.05) is 26.2 Å². The zero-order valence-electron chi connectivity index (χ0n) is 27.6. The molecule has 1 aliphatic rings. The predicted molar refractivity (Wildman–Crippen MR) is 176 cm³/mol. The van der Waals surface area contributed by atoms with Crippen LogP contribution < -0.4 is 0 Å². The first-order chi connectivity index (χ1) is 18.8. The molecule has 236 valence electrons. The van der Waals surface area contributed by atoms with Crippen LogP contribution in [0.15, 0.2) is 0 Å². The Morgan fingerprint density at radius 3 is 0.795 bits per heavy atom. The average Bonchev–Trinajstić information content (AvgIpc) is 2.94. The van der Waals surface area contributed by atoms with Crippen molar-refractivity contribution in [3.8, 4) is 0 Å². The molecule has 0 unspecified atom stereocenters. The molecule has 0 atom stereocenters. The second-order valence-electron chi connectivity index (χ2n) is 13.5. The average molecular weight is 552 g/mol. The topological polar surface area (TPSA) is 30.0 Å². The molecule has 2 heteroatoms. The van der Waals surface area contributed by atoms with Crippen LogP contribution in [0.25, 0.3) is 0 Å². The van der Waals surface area contributed by atoms with E-state index in [0.717, 1.165) is 0 Å². The Balaban J connectivity index is 0.0000144. The quantitative estimate of drug-likeness (QED) is 0.0644. The fourth-order valence-electron chi connectivity index (χ4n) is 7.03. The maximum Gasteiger partial charge on any atom is 0.0786 e. The second-order valence-corrected chi connectivity index (χ2v) is 13.5. The smallest absolute Gasteiger partial charge is 0.0786 e. The lowest BCUT2D eigenvalue weighted by Crippen LogP contribution is -2.52. The summed E-state index contributed by atoms with van der Waals surface area (Å²) in [5, 5.41) is 0. The summed E-state index contributed by atoms with van der Waals surface area (Å²) in [5.41, 5.74) is 0. The standard InChI is InChI=1S/C37H76N.H2O/c1-3-5-7-9-11-13-15-17-19-21-23-25-27-30-34-38(36-32-29-33-37-38)35-31-28-26-24-22-20-18-16-14-12-10-8-6-4-2;/h3-37H2,1-2H3;1H2/q+1;/p-1. The van der Waals surface area contributed by atoms with Crippen molar-refractivity contribution in [1.29, 1.82) is 0 Å². The molecule has 0 spiro atoms. The molecular formula is C37H77NO. The van der Waals surface area contributed by atoms with Crippen LogP contribution in [0.5, 0.6) is 0 Å². The van der Waals surface area contributed by atoms with Crippen LogP contribution in [-0.2, 0) is 0 Å². The number of unbranched alkanes of at least 4 members (excludes halogenated alkanes) is 26. The Kier molecular flexibility index (Phi) is 30.8. The highest BCUT2D eigenvalue weighted by molar-refractivity contribution is 4.57. The molecule has 0 aromatic rings. The molecule has 0 aromatic heterocycles. The summed E-state index contributed by atoms with van der Waals surface area (Å²) in [6.45, 7) is 10.6. The molecule has 1 N–H and O–H groups in total. The molecule has 1 rings (SSSR count). The van der Waals surface area contributed by atoms with E-state index in [2.05, 4.69) is 13.8 Å². The number of rotatable bonds is 30. The largest absolute Gasteiger partial charge is 0.870 e. The van der Waals surface area contributed by atoms with Crippen LogP contribution >= 0.6 is 0 Å². The van der Waals surface area contributed by atoms with E-state index in [1.54, 1.807) is 0 Å². The normalized spacial score (nSPS) is 14.9. The summed E-state index contributed by atoms with van der Waals surface area (Å²) < 4.78 is 1.50. The van der Waals surface area contributed by atoms with Gasteiger partial charge in [-0.15, -0.1) is 0 Å². The van der Waals surface area contributed by atoms with Gasteiger partial charge >= 0.3 is 0 Å². The number of hydrogen-bond acceptors (Lipinski definition) is 1. The molecule has 39 heavy (non-hydrogen) atoms. The van der Waals surface area contributed by atoms with Gasteiger partial charge in [0.05, 0.1) is 26.2 Å². The fourth-order valence-corrected chi connectivity index (χ4v) is 7.03.